The Morgan fingerprint density at radius 3 is 2.78 bits per heavy atom. The molecule has 3 aromatic rings. The van der Waals surface area contributed by atoms with Gasteiger partial charge in [0.25, 0.3) is 0 Å². The molecule has 1 amide bonds. The van der Waals surface area contributed by atoms with E-state index >= 15 is 0 Å². The largest absolute Gasteiger partial charge is 0.496 e. The summed E-state index contributed by atoms with van der Waals surface area (Å²) in [7, 11) is 1.67. The summed E-state index contributed by atoms with van der Waals surface area (Å²) in [6, 6.07) is 11.9. The van der Waals surface area contributed by atoms with Crippen molar-refractivity contribution >= 4 is 11.7 Å². The van der Waals surface area contributed by atoms with Gasteiger partial charge < -0.3 is 15.0 Å². The van der Waals surface area contributed by atoms with Crippen molar-refractivity contribution in [1.82, 2.24) is 25.1 Å². The van der Waals surface area contributed by atoms with Crippen LogP contribution >= 0.6 is 0 Å². The smallest absolute Gasteiger partial charge is 0.224 e. The van der Waals surface area contributed by atoms with Crippen molar-refractivity contribution in [2.45, 2.75) is 33.1 Å². The van der Waals surface area contributed by atoms with Gasteiger partial charge in [-0.2, -0.15) is 5.10 Å². The van der Waals surface area contributed by atoms with Crippen LogP contribution in [0.4, 0.5) is 5.82 Å². The fourth-order valence-corrected chi connectivity index (χ4v) is 4.26. The lowest BCUT2D eigenvalue weighted by Crippen LogP contribution is -2.43. The maximum absolute atomic E-state index is 12.8. The minimum absolute atomic E-state index is 0.0616. The minimum Gasteiger partial charge on any atom is -0.496 e. The number of ether oxygens (including phenoxy) is 1. The minimum atomic E-state index is -0.0616. The Labute approximate surface area is 188 Å². The Balaban J connectivity index is 1.37. The van der Waals surface area contributed by atoms with E-state index in [1.165, 1.54) is 0 Å². The second-order valence-electron chi connectivity index (χ2n) is 8.21. The molecule has 8 nitrogen and oxygen atoms in total. The van der Waals surface area contributed by atoms with Crippen LogP contribution in [-0.2, 0) is 11.2 Å². The molecule has 1 atom stereocenters. The van der Waals surface area contributed by atoms with Crippen LogP contribution in [0.1, 0.15) is 29.8 Å². The van der Waals surface area contributed by atoms with E-state index in [0.29, 0.717) is 13.1 Å². The molecule has 3 heterocycles. The highest BCUT2D eigenvalue weighted by atomic mass is 16.5. The van der Waals surface area contributed by atoms with Crippen molar-refractivity contribution in [1.29, 1.82) is 0 Å². The highest BCUT2D eigenvalue weighted by Gasteiger charge is 2.26. The van der Waals surface area contributed by atoms with Crippen LogP contribution in [0.15, 0.2) is 42.7 Å². The molecule has 2 aromatic heterocycles. The van der Waals surface area contributed by atoms with Crippen LogP contribution in [0.5, 0.6) is 5.75 Å². The number of hydrogen-bond donors (Lipinski definition) is 1. The third kappa shape index (κ3) is 4.90. The van der Waals surface area contributed by atoms with Gasteiger partial charge in [-0.15, -0.1) is 0 Å². The Morgan fingerprint density at radius 2 is 2.00 bits per heavy atom. The second kappa shape index (κ2) is 9.80. The molecule has 0 unspecified atom stereocenters. The number of hydrogen-bond acceptors (Lipinski definition) is 6. The number of methoxy groups -OCH3 is 1. The molecular formula is C24H30N6O2. The van der Waals surface area contributed by atoms with Crippen molar-refractivity contribution in [3.8, 4) is 11.6 Å². The fourth-order valence-electron chi connectivity index (χ4n) is 4.26. The maximum Gasteiger partial charge on any atom is 0.224 e. The molecule has 0 spiro atoms. The zero-order valence-electron chi connectivity index (χ0n) is 18.9. The third-order valence-corrected chi connectivity index (χ3v) is 5.87. The van der Waals surface area contributed by atoms with Crippen LogP contribution in [-0.4, -0.2) is 52.4 Å². The molecule has 0 bridgehead atoms. The molecule has 1 aliphatic heterocycles. The summed E-state index contributed by atoms with van der Waals surface area (Å²) in [6.07, 6.45) is 4.14. The molecule has 0 saturated carbocycles. The van der Waals surface area contributed by atoms with E-state index in [9.17, 15) is 4.79 Å². The predicted molar refractivity (Wildman–Crippen MR) is 123 cm³/mol. The number of benzene rings is 1. The lowest BCUT2D eigenvalue weighted by Gasteiger charge is -2.33. The summed E-state index contributed by atoms with van der Waals surface area (Å²) in [6.45, 7) is 6.08. The first-order valence-corrected chi connectivity index (χ1v) is 11.1. The lowest BCUT2D eigenvalue weighted by atomic mass is 9.97. The second-order valence-corrected chi connectivity index (χ2v) is 8.21. The quantitative estimate of drug-likeness (QED) is 0.616. The molecular weight excluding hydrogens is 404 g/mol. The first kappa shape index (κ1) is 21.8. The summed E-state index contributed by atoms with van der Waals surface area (Å²) in [5.41, 5.74) is 3.07. The molecule has 0 aliphatic carbocycles. The molecule has 0 radical (unpaired) electrons. The Bertz CT molecular complexity index is 1080. The summed E-state index contributed by atoms with van der Waals surface area (Å²) in [5.74, 6) is 2.46. The van der Waals surface area contributed by atoms with Crippen molar-refractivity contribution in [2.75, 3.05) is 31.6 Å². The number of nitrogens with zero attached hydrogens (tertiary/aromatic N) is 5. The van der Waals surface area contributed by atoms with Crippen molar-refractivity contribution in [3.63, 3.8) is 0 Å². The number of para-hydroxylation sites is 1. The van der Waals surface area contributed by atoms with Crippen LogP contribution in [0.25, 0.3) is 5.82 Å². The van der Waals surface area contributed by atoms with E-state index in [0.717, 1.165) is 60.1 Å². The van der Waals surface area contributed by atoms with Crippen LogP contribution < -0.4 is 15.0 Å². The monoisotopic (exact) mass is 434 g/mol. The first-order chi connectivity index (χ1) is 15.5. The van der Waals surface area contributed by atoms with Gasteiger partial charge in [-0.3, -0.25) is 4.79 Å². The predicted octanol–water partition coefficient (Wildman–Crippen LogP) is 2.86. The average Bonchev–Trinajstić information content (AvgIpc) is 3.17. The average molecular weight is 435 g/mol. The van der Waals surface area contributed by atoms with Gasteiger partial charge >= 0.3 is 0 Å². The number of aryl methyl sites for hydroxylation is 2. The van der Waals surface area contributed by atoms with E-state index in [2.05, 4.69) is 25.3 Å². The van der Waals surface area contributed by atoms with E-state index in [1.807, 2.05) is 54.9 Å². The van der Waals surface area contributed by atoms with Gasteiger partial charge in [0.15, 0.2) is 5.82 Å². The molecule has 4 rings (SSSR count). The molecule has 1 saturated heterocycles. The SMILES string of the molecule is COc1ccccc1CCNC(=O)[C@H]1CCCN(c2cc(-n3nc(C)cc3C)ncn2)C1. The molecule has 32 heavy (non-hydrogen) atoms. The fraction of sp³-hybridized carbons (Fsp3) is 0.417. The highest BCUT2D eigenvalue weighted by Crippen LogP contribution is 2.23. The molecule has 1 N–H and O–H groups in total. The molecule has 168 valence electrons. The molecule has 1 aromatic carbocycles. The zero-order chi connectivity index (χ0) is 22.5. The number of carbonyl (C=O) groups is 1. The van der Waals surface area contributed by atoms with Gasteiger partial charge in [0, 0.05) is 31.4 Å². The summed E-state index contributed by atoms with van der Waals surface area (Å²) in [4.78, 5) is 23.9. The normalized spacial score (nSPS) is 16.1. The number of amides is 1. The number of rotatable bonds is 7. The number of nitrogens with one attached hydrogen (secondary N) is 1. The summed E-state index contributed by atoms with van der Waals surface area (Å²) >= 11 is 0. The molecule has 8 heteroatoms. The van der Waals surface area contributed by atoms with Crippen LogP contribution in [0.2, 0.25) is 0 Å². The van der Waals surface area contributed by atoms with Crippen molar-refractivity contribution in [3.05, 3.63) is 59.7 Å². The van der Waals surface area contributed by atoms with Crippen molar-refractivity contribution in [2.24, 2.45) is 5.92 Å². The maximum atomic E-state index is 12.8. The Kier molecular flexibility index (Phi) is 6.68. The first-order valence-electron chi connectivity index (χ1n) is 11.1. The standard InChI is InChI=1S/C24H30N6O2/c1-17-13-18(2)30(28-17)23-14-22(26-16-27-23)29-12-6-8-20(15-29)24(31)25-11-10-19-7-4-5-9-21(19)32-3/h4-5,7,9,13-14,16,20H,6,8,10-12,15H2,1-3H3,(H,25,31)/t20-/m0/s1. The van der Waals surface area contributed by atoms with Crippen LogP contribution in [0.3, 0.4) is 0 Å². The summed E-state index contributed by atoms with van der Waals surface area (Å²) in [5, 5.41) is 7.62. The number of carbonyl (C=O) groups excluding carboxylic acids is 1. The zero-order valence-corrected chi connectivity index (χ0v) is 18.9. The molecule has 1 fully saturated rings. The Morgan fingerprint density at radius 1 is 1.19 bits per heavy atom. The Hall–Kier alpha value is -3.42. The van der Waals surface area contributed by atoms with Gasteiger partial charge in [-0.05, 0) is 50.8 Å². The lowest BCUT2D eigenvalue weighted by molar-refractivity contribution is -0.125. The van der Waals surface area contributed by atoms with Gasteiger partial charge in [-0.1, -0.05) is 18.2 Å². The van der Waals surface area contributed by atoms with Gasteiger partial charge in [-0.25, -0.2) is 14.6 Å². The van der Waals surface area contributed by atoms with Gasteiger partial charge in [0.05, 0.1) is 18.7 Å². The number of aromatic nitrogens is 4. The van der Waals surface area contributed by atoms with E-state index < -0.39 is 0 Å². The summed E-state index contributed by atoms with van der Waals surface area (Å²) < 4.78 is 7.22. The molecule has 1 aliphatic rings. The number of anilines is 1. The highest BCUT2D eigenvalue weighted by molar-refractivity contribution is 5.79. The van der Waals surface area contributed by atoms with Gasteiger partial charge in [0.2, 0.25) is 5.91 Å². The van der Waals surface area contributed by atoms with Gasteiger partial charge in [0.1, 0.15) is 17.9 Å². The van der Waals surface area contributed by atoms with Crippen LogP contribution in [0, 0.1) is 19.8 Å². The van der Waals surface area contributed by atoms with E-state index in [-0.39, 0.29) is 11.8 Å². The third-order valence-electron chi connectivity index (χ3n) is 5.87. The van der Waals surface area contributed by atoms with E-state index in [4.69, 9.17) is 4.74 Å². The number of piperidine rings is 1. The van der Waals surface area contributed by atoms with E-state index in [1.54, 1.807) is 13.4 Å². The van der Waals surface area contributed by atoms with Crippen molar-refractivity contribution < 1.29 is 9.53 Å². The topological polar surface area (TPSA) is 85.2 Å².